The number of anilines is 1. The number of aromatic nitrogens is 1. The van der Waals surface area contributed by atoms with Crippen LogP contribution in [0.1, 0.15) is 10.4 Å². The molecule has 7 nitrogen and oxygen atoms in total. The SMILES string of the molecule is O=C(Nc1ccc([N+](=O)[O-])cn1)c1cc(F)ccc1O. The lowest BCUT2D eigenvalue weighted by Crippen LogP contribution is -2.13. The number of benzene rings is 1. The van der Waals surface area contributed by atoms with Gasteiger partial charge in [-0.25, -0.2) is 9.37 Å². The highest BCUT2D eigenvalue weighted by atomic mass is 19.1. The molecule has 0 saturated heterocycles. The smallest absolute Gasteiger partial charge is 0.287 e. The first-order chi connectivity index (χ1) is 9.47. The van der Waals surface area contributed by atoms with Gasteiger partial charge in [-0.05, 0) is 24.3 Å². The third-order valence-corrected chi connectivity index (χ3v) is 2.40. The van der Waals surface area contributed by atoms with Crippen LogP contribution in [0.2, 0.25) is 0 Å². The Morgan fingerprint density at radius 3 is 2.70 bits per heavy atom. The van der Waals surface area contributed by atoms with Gasteiger partial charge in [0.25, 0.3) is 11.6 Å². The molecule has 0 radical (unpaired) electrons. The summed E-state index contributed by atoms with van der Waals surface area (Å²) in [6.45, 7) is 0. The van der Waals surface area contributed by atoms with Gasteiger partial charge in [0.2, 0.25) is 0 Å². The molecule has 102 valence electrons. The number of phenolic OH excluding ortho intramolecular Hbond substituents is 1. The normalized spacial score (nSPS) is 10.1. The Kier molecular flexibility index (Phi) is 3.56. The van der Waals surface area contributed by atoms with Gasteiger partial charge in [0, 0.05) is 6.07 Å². The molecule has 0 aliphatic carbocycles. The molecule has 0 bridgehead atoms. The summed E-state index contributed by atoms with van der Waals surface area (Å²) in [5.41, 5.74) is -0.484. The largest absolute Gasteiger partial charge is 0.507 e. The number of carbonyl (C=O) groups excluding carboxylic acids is 1. The Bertz CT molecular complexity index is 673. The molecule has 0 unspecified atom stereocenters. The molecule has 2 aromatic rings. The number of nitrogens with one attached hydrogen (secondary N) is 1. The maximum Gasteiger partial charge on any atom is 0.287 e. The number of nitro groups is 1. The van der Waals surface area contributed by atoms with Crippen LogP contribution in [0.5, 0.6) is 5.75 Å². The standard InChI is InChI=1S/C12H8FN3O4/c13-7-1-3-10(17)9(5-7)12(18)15-11-4-2-8(6-14-11)16(19)20/h1-6,17H,(H,14,15,18). The fourth-order valence-electron chi connectivity index (χ4n) is 1.44. The predicted molar refractivity (Wildman–Crippen MR) is 66.9 cm³/mol. The predicted octanol–water partition coefficient (Wildman–Crippen LogP) is 2.09. The van der Waals surface area contributed by atoms with E-state index in [-0.39, 0.29) is 22.8 Å². The molecule has 2 rings (SSSR count). The van der Waals surface area contributed by atoms with E-state index in [2.05, 4.69) is 10.3 Å². The number of carbonyl (C=O) groups is 1. The van der Waals surface area contributed by atoms with Crippen molar-refractivity contribution in [2.75, 3.05) is 5.32 Å². The molecule has 0 aliphatic rings. The number of hydrogen-bond donors (Lipinski definition) is 2. The molecule has 1 heterocycles. The van der Waals surface area contributed by atoms with Gasteiger partial charge in [-0.15, -0.1) is 0 Å². The number of pyridine rings is 1. The molecule has 20 heavy (non-hydrogen) atoms. The molecule has 8 heteroatoms. The van der Waals surface area contributed by atoms with Gasteiger partial charge in [-0.1, -0.05) is 0 Å². The van der Waals surface area contributed by atoms with Crippen molar-refractivity contribution >= 4 is 17.4 Å². The van der Waals surface area contributed by atoms with Gasteiger partial charge >= 0.3 is 0 Å². The topological polar surface area (TPSA) is 105 Å². The average Bonchev–Trinajstić information content (AvgIpc) is 2.42. The van der Waals surface area contributed by atoms with Crippen LogP contribution in [0, 0.1) is 15.9 Å². The number of amides is 1. The van der Waals surface area contributed by atoms with Crippen molar-refractivity contribution in [1.29, 1.82) is 0 Å². The molecule has 0 spiro atoms. The Morgan fingerprint density at radius 2 is 2.10 bits per heavy atom. The first kappa shape index (κ1) is 13.4. The maximum absolute atomic E-state index is 13.0. The van der Waals surface area contributed by atoms with Crippen molar-refractivity contribution in [1.82, 2.24) is 4.98 Å². The van der Waals surface area contributed by atoms with E-state index in [1.165, 1.54) is 6.07 Å². The Hall–Kier alpha value is -3.03. The zero-order valence-corrected chi connectivity index (χ0v) is 9.91. The summed E-state index contributed by atoms with van der Waals surface area (Å²) in [5.74, 6) is -1.79. The second-order valence-electron chi connectivity index (χ2n) is 3.77. The first-order valence-corrected chi connectivity index (χ1v) is 5.37. The van der Waals surface area contributed by atoms with Crippen LogP contribution in [-0.4, -0.2) is 20.9 Å². The van der Waals surface area contributed by atoms with Crippen LogP contribution in [0.15, 0.2) is 36.5 Å². The Labute approximate surface area is 111 Å². The molecular weight excluding hydrogens is 269 g/mol. The van der Waals surface area contributed by atoms with Gasteiger partial charge in [0.1, 0.15) is 23.6 Å². The Balaban J connectivity index is 2.19. The summed E-state index contributed by atoms with van der Waals surface area (Å²) in [5, 5.41) is 22.2. The van der Waals surface area contributed by atoms with E-state index < -0.39 is 16.6 Å². The first-order valence-electron chi connectivity index (χ1n) is 5.37. The van der Waals surface area contributed by atoms with Gasteiger partial charge in [0.15, 0.2) is 0 Å². The van der Waals surface area contributed by atoms with Crippen LogP contribution in [-0.2, 0) is 0 Å². The number of aromatic hydroxyl groups is 1. The van der Waals surface area contributed by atoms with Gasteiger partial charge in [-0.2, -0.15) is 0 Å². The number of rotatable bonds is 3. The minimum absolute atomic E-state index is 0.0456. The van der Waals surface area contributed by atoms with E-state index in [9.17, 15) is 24.4 Å². The van der Waals surface area contributed by atoms with Crippen LogP contribution in [0.3, 0.4) is 0 Å². The zero-order valence-electron chi connectivity index (χ0n) is 9.91. The van der Waals surface area contributed by atoms with Crippen molar-refractivity contribution in [3.05, 3.63) is 58.0 Å². The molecule has 0 atom stereocenters. The highest BCUT2D eigenvalue weighted by Gasteiger charge is 2.13. The van der Waals surface area contributed by atoms with Crippen LogP contribution in [0.25, 0.3) is 0 Å². The molecule has 0 saturated carbocycles. The highest BCUT2D eigenvalue weighted by molar-refractivity contribution is 6.05. The second kappa shape index (κ2) is 5.31. The maximum atomic E-state index is 13.0. The van der Waals surface area contributed by atoms with E-state index in [0.717, 1.165) is 30.5 Å². The number of phenols is 1. The third kappa shape index (κ3) is 2.86. The molecule has 0 aliphatic heterocycles. The number of nitrogens with zero attached hydrogens (tertiary/aromatic N) is 2. The zero-order chi connectivity index (χ0) is 14.7. The van der Waals surface area contributed by atoms with Crippen molar-refractivity contribution < 1.29 is 19.2 Å². The summed E-state index contributed by atoms with van der Waals surface area (Å²) < 4.78 is 13.0. The van der Waals surface area contributed by atoms with Gasteiger partial charge in [-0.3, -0.25) is 14.9 Å². The molecular formula is C12H8FN3O4. The van der Waals surface area contributed by atoms with E-state index >= 15 is 0 Å². The van der Waals surface area contributed by atoms with Crippen LogP contribution in [0.4, 0.5) is 15.9 Å². The van der Waals surface area contributed by atoms with E-state index in [1.807, 2.05) is 0 Å². The molecule has 2 N–H and O–H groups in total. The van der Waals surface area contributed by atoms with Crippen molar-refractivity contribution in [2.45, 2.75) is 0 Å². The lowest BCUT2D eigenvalue weighted by Gasteiger charge is -2.06. The highest BCUT2D eigenvalue weighted by Crippen LogP contribution is 2.19. The van der Waals surface area contributed by atoms with Crippen LogP contribution < -0.4 is 5.32 Å². The lowest BCUT2D eigenvalue weighted by atomic mass is 10.2. The van der Waals surface area contributed by atoms with E-state index in [4.69, 9.17) is 0 Å². The molecule has 1 aromatic heterocycles. The fourth-order valence-corrected chi connectivity index (χ4v) is 1.44. The fraction of sp³-hybridized carbons (Fsp3) is 0. The third-order valence-electron chi connectivity index (χ3n) is 2.40. The van der Waals surface area contributed by atoms with E-state index in [1.54, 1.807) is 0 Å². The summed E-state index contributed by atoms with van der Waals surface area (Å²) in [6.07, 6.45) is 0.973. The molecule has 1 amide bonds. The number of halogens is 1. The second-order valence-corrected chi connectivity index (χ2v) is 3.77. The minimum atomic E-state index is -0.775. The monoisotopic (exact) mass is 277 g/mol. The summed E-state index contributed by atoms with van der Waals surface area (Å²) in [7, 11) is 0. The van der Waals surface area contributed by atoms with Crippen molar-refractivity contribution in [2.24, 2.45) is 0 Å². The van der Waals surface area contributed by atoms with Gasteiger partial charge in [0.05, 0.1) is 10.5 Å². The lowest BCUT2D eigenvalue weighted by molar-refractivity contribution is -0.385. The summed E-state index contributed by atoms with van der Waals surface area (Å²) in [4.78, 5) is 25.3. The quantitative estimate of drug-likeness (QED) is 0.660. The molecule has 1 aromatic carbocycles. The summed E-state index contributed by atoms with van der Waals surface area (Å²) in [6, 6.07) is 5.32. The van der Waals surface area contributed by atoms with Gasteiger partial charge < -0.3 is 10.4 Å². The van der Waals surface area contributed by atoms with Crippen LogP contribution >= 0.6 is 0 Å². The summed E-state index contributed by atoms with van der Waals surface area (Å²) >= 11 is 0. The number of hydrogen-bond acceptors (Lipinski definition) is 5. The van der Waals surface area contributed by atoms with Crippen molar-refractivity contribution in [3.8, 4) is 5.75 Å². The average molecular weight is 277 g/mol. The van der Waals surface area contributed by atoms with Crippen molar-refractivity contribution in [3.63, 3.8) is 0 Å². The minimum Gasteiger partial charge on any atom is -0.507 e. The molecule has 0 fully saturated rings. The van der Waals surface area contributed by atoms with E-state index in [0.29, 0.717) is 0 Å². The Morgan fingerprint density at radius 1 is 1.35 bits per heavy atom.